The van der Waals surface area contributed by atoms with Crippen LogP contribution in [0, 0.1) is 5.82 Å². The molecule has 1 aromatic carbocycles. The first kappa shape index (κ1) is 16.0. The van der Waals surface area contributed by atoms with Gasteiger partial charge in [0.25, 0.3) is 0 Å². The Bertz CT molecular complexity index is 584. The SMILES string of the molecule is CC(C)(C)NCc1ccc(COc2cc(F)cc(Br)c2)o1. The lowest BCUT2D eigenvalue weighted by Gasteiger charge is -2.19. The summed E-state index contributed by atoms with van der Waals surface area (Å²) in [5.74, 6) is 1.69. The lowest BCUT2D eigenvalue weighted by Crippen LogP contribution is -2.34. The van der Waals surface area contributed by atoms with Crippen LogP contribution in [0.3, 0.4) is 0 Å². The number of ether oxygens (including phenoxy) is 1. The van der Waals surface area contributed by atoms with E-state index in [0.29, 0.717) is 22.5 Å². The summed E-state index contributed by atoms with van der Waals surface area (Å²) in [7, 11) is 0. The van der Waals surface area contributed by atoms with Crippen molar-refractivity contribution in [3.63, 3.8) is 0 Å². The molecule has 5 heteroatoms. The van der Waals surface area contributed by atoms with Crippen LogP contribution in [0.25, 0.3) is 0 Å². The first-order valence-electron chi connectivity index (χ1n) is 6.73. The van der Waals surface area contributed by atoms with E-state index in [4.69, 9.17) is 9.15 Å². The Hall–Kier alpha value is -1.33. The van der Waals surface area contributed by atoms with E-state index < -0.39 is 0 Å². The highest BCUT2D eigenvalue weighted by Crippen LogP contribution is 2.22. The smallest absolute Gasteiger partial charge is 0.146 e. The van der Waals surface area contributed by atoms with Crippen LogP contribution in [0.1, 0.15) is 32.3 Å². The van der Waals surface area contributed by atoms with Gasteiger partial charge in [0.15, 0.2) is 0 Å². The van der Waals surface area contributed by atoms with Crippen molar-refractivity contribution in [2.24, 2.45) is 0 Å². The summed E-state index contributed by atoms with van der Waals surface area (Å²) in [6.07, 6.45) is 0. The first-order chi connectivity index (χ1) is 9.82. The molecule has 2 rings (SSSR count). The summed E-state index contributed by atoms with van der Waals surface area (Å²) < 4.78 is 25.1. The van der Waals surface area contributed by atoms with E-state index in [1.165, 1.54) is 12.1 Å². The molecule has 0 saturated carbocycles. The van der Waals surface area contributed by atoms with Gasteiger partial charge in [-0.15, -0.1) is 0 Å². The average Bonchev–Trinajstić information content (AvgIpc) is 2.80. The summed E-state index contributed by atoms with van der Waals surface area (Å²) in [6, 6.07) is 8.23. The maximum absolute atomic E-state index is 13.2. The maximum Gasteiger partial charge on any atom is 0.146 e. The van der Waals surface area contributed by atoms with Crippen LogP contribution in [-0.2, 0) is 13.2 Å². The fraction of sp³-hybridized carbons (Fsp3) is 0.375. The van der Waals surface area contributed by atoms with Gasteiger partial charge in [0.2, 0.25) is 0 Å². The van der Waals surface area contributed by atoms with Crippen molar-refractivity contribution in [1.82, 2.24) is 5.32 Å². The molecule has 0 atom stereocenters. The van der Waals surface area contributed by atoms with E-state index in [1.54, 1.807) is 6.07 Å². The third-order valence-corrected chi connectivity index (χ3v) is 3.19. The van der Waals surface area contributed by atoms with Crippen molar-refractivity contribution >= 4 is 15.9 Å². The van der Waals surface area contributed by atoms with Gasteiger partial charge in [0.1, 0.15) is 29.7 Å². The van der Waals surface area contributed by atoms with E-state index in [9.17, 15) is 4.39 Å². The molecule has 0 aliphatic heterocycles. The second kappa shape index (κ2) is 6.62. The third-order valence-electron chi connectivity index (χ3n) is 2.73. The minimum absolute atomic E-state index is 0.0390. The number of halogens is 2. The molecule has 0 amide bonds. The number of furan rings is 1. The summed E-state index contributed by atoms with van der Waals surface area (Å²) >= 11 is 3.23. The van der Waals surface area contributed by atoms with Crippen molar-refractivity contribution in [1.29, 1.82) is 0 Å². The highest BCUT2D eigenvalue weighted by Gasteiger charge is 2.10. The fourth-order valence-corrected chi connectivity index (χ4v) is 2.16. The van der Waals surface area contributed by atoms with Gasteiger partial charge in [-0.1, -0.05) is 15.9 Å². The normalized spacial score (nSPS) is 11.7. The van der Waals surface area contributed by atoms with Gasteiger partial charge >= 0.3 is 0 Å². The Morgan fingerprint density at radius 3 is 2.57 bits per heavy atom. The summed E-state index contributed by atoms with van der Waals surface area (Å²) in [5, 5.41) is 3.35. The zero-order chi connectivity index (χ0) is 15.5. The van der Waals surface area contributed by atoms with Crippen LogP contribution in [0.5, 0.6) is 5.75 Å². The van der Waals surface area contributed by atoms with Crippen LogP contribution in [-0.4, -0.2) is 5.54 Å². The van der Waals surface area contributed by atoms with Crippen molar-refractivity contribution in [3.05, 3.63) is 52.1 Å². The number of hydrogen-bond acceptors (Lipinski definition) is 3. The molecule has 21 heavy (non-hydrogen) atoms. The molecule has 0 unspecified atom stereocenters. The molecular formula is C16H19BrFNO2. The van der Waals surface area contributed by atoms with Crippen molar-refractivity contribution in [2.75, 3.05) is 0 Å². The maximum atomic E-state index is 13.2. The molecule has 0 bridgehead atoms. The van der Waals surface area contributed by atoms with Crippen LogP contribution in [0.15, 0.2) is 39.2 Å². The predicted molar refractivity (Wildman–Crippen MR) is 83.7 cm³/mol. The molecule has 114 valence electrons. The summed E-state index contributed by atoms with van der Waals surface area (Å²) in [4.78, 5) is 0. The van der Waals surface area contributed by atoms with Crippen molar-refractivity contribution in [3.8, 4) is 5.75 Å². The highest BCUT2D eigenvalue weighted by atomic mass is 79.9. The molecule has 0 aliphatic rings. The Labute approximate surface area is 132 Å². The molecule has 0 saturated heterocycles. The van der Waals surface area contributed by atoms with E-state index in [-0.39, 0.29) is 18.0 Å². The minimum Gasteiger partial charge on any atom is -0.486 e. The zero-order valence-electron chi connectivity index (χ0n) is 12.4. The third kappa shape index (κ3) is 5.52. The standard InChI is InChI=1S/C16H19BrFNO2/c1-16(2,3)19-9-13-4-5-14(21-13)10-20-15-7-11(17)6-12(18)8-15/h4-8,19H,9-10H2,1-3H3. The number of nitrogens with one attached hydrogen (secondary N) is 1. The van der Waals surface area contributed by atoms with E-state index in [2.05, 4.69) is 42.0 Å². The van der Waals surface area contributed by atoms with E-state index >= 15 is 0 Å². The van der Waals surface area contributed by atoms with Crippen molar-refractivity contribution in [2.45, 2.75) is 39.5 Å². The topological polar surface area (TPSA) is 34.4 Å². The fourth-order valence-electron chi connectivity index (χ4n) is 1.71. The lowest BCUT2D eigenvalue weighted by molar-refractivity contribution is 0.262. The quantitative estimate of drug-likeness (QED) is 0.847. The predicted octanol–water partition coefficient (Wildman–Crippen LogP) is 4.65. The molecule has 0 radical (unpaired) electrons. The lowest BCUT2D eigenvalue weighted by atomic mass is 10.1. The Morgan fingerprint density at radius 1 is 1.19 bits per heavy atom. The second-order valence-electron chi connectivity index (χ2n) is 5.87. The highest BCUT2D eigenvalue weighted by molar-refractivity contribution is 9.10. The number of rotatable bonds is 5. The van der Waals surface area contributed by atoms with Crippen molar-refractivity contribution < 1.29 is 13.5 Å². The molecule has 0 aliphatic carbocycles. The zero-order valence-corrected chi connectivity index (χ0v) is 14.0. The van der Waals surface area contributed by atoms with Gasteiger partial charge in [-0.3, -0.25) is 0 Å². The summed E-state index contributed by atoms with van der Waals surface area (Å²) in [5.41, 5.74) is 0.0390. The molecule has 0 spiro atoms. The van der Waals surface area contributed by atoms with Gasteiger partial charge in [-0.2, -0.15) is 0 Å². The Morgan fingerprint density at radius 2 is 1.90 bits per heavy atom. The van der Waals surface area contributed by atoms with Gasteiger partial charge in [0.05, 0.1) is 6.54 Å². The van der Waals surface area contributed by atoms with Crippen LogP contribution in [0.2, 0.25) is 0 Å². The van der Waals surface area contributed by atoms with E-state index in [0.717, 1.165) is 5.76 Å². The monoisotopic (exact) mass is 355 g/mol. The minimum atomic E-state index is -0.339. The van der Waals surface area contributed by atoms with Crippen LogP contribution >= 0.6 is 15.9 Å². The second-order valence-corrected chi connectivity index (χ2v) is 6.78. The average molecular weight is 356 g/mol. The van der Waals surface area contributed by atoms with Gasteiger partial charge in [-0.25, -0.2) is 4.39 Å². The van der Waals surface area contributed by atoms with E-state index in [1.807, 2.05) is 12.1 Å². The number of hydrogen-bond donors (Lipinski definition) is 1. The molecule has 3 nitrogen and oxygen atoms in total. The van der Waals surface area contributed by atoms with Crippen LogP contribution < -0.4 is 10.1 Å². The molecular weight excluding hydrogens is 337 g/mol. The molecule has 2 aromatic rings. The Kier molecular flexibility index (Phi) is 5.06. The molecule has 0 fully saturated rings. The molecule has 1 heterocycles. The van der Waals surface area contributed by atoms with Crippen LogP contribution in [0.4, 0.5) is 4.39 Å². The largest absolute Gasteiger partial charge is 0.486 e. The van der Waals surface area contributed by atoms with Gasteiger partial charge in [-0.05, 0) is 45.0 Å². The molecule has 1 aromatic heterocycles. The van der Waals surface area contributed by atoms with Gasteiger partial charge < -0.3 is 14.5 Å². The molecule has 1 N–H and O–H groups in total. The number of benzene rings is 1. The Balaban J connectivity index is 1.90. The first-order valence-corrected chi connectivity index (χ1v) is 7.53. The summed E-state index contributed by atoms with van der Waals surface area (Å²) in [6.45, 7) is 7.23. The van der Waals surface area contributed by atoms with Gasteiger partial charge in [0, 0.05) is 16.1 Å².